The molecule has 0 heterocycles. The van der Waals surface area contributed by atoms with Gasteiger partial charge < -0.3 is 10.6 Å². The van der Waals surface area contributed by atoms with Crippen molar-refractivity contribution in [1.82, 2.24) is 4.90 Å². The summed E-state index contributed by atoms with van der Waals surface area (Å²) in [5.74, 6) is -0.585. The SMILES string of the molecule is CC(C)N(CC(N)=O)C(=O)Cc1ccc(-c2ccccc2)cc1. The van der Waals surface area contributed by atoms with Crippen molar-refractivity contribution in [2.75, 3.05) is 6.54 Å². The van der Waals surface area contributed by atoms with Crippen molar-refractivity contribution in [2.45, 2.75) is 26.3 Å². The van der Waals surface area contributed by atoms with E-state index < -0.39 is 5.91 Å². The van der Waals surface area contributed by atoms with E-state index in [1.165, 1.54) is 4.90 Å². The van der Waals surface area contributed by atoms with Gasteiger partial charge in [-0.15, -0.1) is 0 Å². The second-order valence-electron chi connectivity index (χ2n) is 5.82. The number of nitrogens with two attached hydrogens (primary N) is 1. The van der Waals surface area contributed by atoms with Gasteiger partial charge in [0.15, 0.2) is 0 Å². The Morgan fingerprint density at radius 1 is 0.957 bits per heavy atom. The van der Waals surface area contributed by atoms with Gasteiger partial charge in [-0.25, -0.2) is 0 Å². The van der Waals surface area contributed by atoms with Gasteiger partial charge in [-0.3, -0.25) is 9.59 Å². The van der Waals surface area contributed by atoms with Crippen LogP contribution in [0.5, 0.6) is 0 Å². The Morgan fingerprint density at radius 2 is 1.52 bits per heavy atom. The molecule has 0 spiro atoms. The molecule has 120 valence electrons. The van der Waals surface area contributed by atoms with Crippen LogP contribution in [0.3, 0.4) is 0 Å². The highest BCUT2D eigenvalue weighted by molar-refractivity contribution is 5.85. The van der Waals surface area contributed by atoms with Crippen molar-refractivity contribution in [3.05, 3.63) is 60.2 Å². The number of rotatable bonds is 6. The van der Waals surface area contributed by atoms with Gasteiger partial charge in [0.1, 0.15) is 0 Å². The first kappa shape index (κ1) is 16.7. The summed E-state index contributed by atoms with van der Waals surface area (Å²) < 4.78 is 0. The molecule has 0 radical (unpaired) electrons. The molecular weight excluding hydrogens is 288 g/mol. The van der Waals surface area contributed by atoms with E-state index in [1.807, 2.05) is 68.4 Å². The maximum atomic E-state index is 12.4. The largest absolute Gasteiger partial charge is 0.368 e. The lowest BCUT2D eigenvalue weighted by molar-refractivity contribution is -0.136. The Kier molecular flexibility index (Phi) is 5.52. The first-order valence-corrected chi connectivity index (χ1v) is 7.69. The number of primary amides is 1. The van der Waals surface area contributed by atoms with Gasteiger partial charge in [-0.1, -0.05) is 54.6 Å². The molecule has 2 rings (SSSR count). The highest BCUT2D eigenvalue weighted by Crippen LogP contribution is 2.19. The molecular formula is C19H22N2O2. The van der Waals surface area contributed by atoms with Crippen molar-refractivity contribution < 1.29 is 9.59 Å². The van der Waals surface area contributed by atoms with Gasteiger partial charge in [-0.05, 0) is 30.5 Å². The van der Waals surface area contributed by atoms with Crippen LogP contribution in [-0.4, -0.2) is 29.3 Å². The number of benzene rings is 2. The molecule has 23 heavy (non-hydrogen) atoms. The average molecular weight is 310 g/mol. The van der Waals surface area contributed by atoms with Gasteiger partial charge in [0.05, 0.1) is 13.0 Å². The van der Waals surface area contributed by atoms with Crippen LogP contribution in [0.15, 0.2) is 54.6 Å². The van der Waals surface area contributed by atoms with Gasteiger partial charge in [0, 0.05) is 6.04 Å². The zero-order valence-electron chi connectivity index (χ0n) is 13.5. The van der Waals surface area contributed by atoms with Crippen molar-refractivity contribution in [3.8, 4) is 11.1 Å². The zero-order chi connectivity index (χ0) is 16.8. The van der Waals surface area contributed by atoms with E-state index in [9.17, 15) is 9.59 Å². The molecule has 0 aliphatic carbocycles. The summed E-state index contributed by atoms with van der Waals surface area (Å²) in [6, 6.07) is 17.9. The number of carbonyl (C=O) groups is 2. The predicted molar refractivity (Wildman–Crippen MR) is 91.6 cm³/mol. The maximum absolute atomic E-state index is 12.4. The number of hydrogen-bond acceptors (Lipinski definition) is 2. The van der Waals surface area contributed by atoms with Gasteiger partial charge in [-0.2, -0.15) is 0 Å². The van der Waals surface area contributed by atoms with Crippen LogP contribution in [-0.2, 0) is 16.0 Å². The average Bonchev–Trinajstić information content (AvgIpc) is 2.53. The summed E-state index contributed by atoms with van der Waals surface area (Å²) in [5.41, 5.74) is 8.39. The minimum atomic E-state index is -0.494. The topological polar surface area (TPSA) is 63.4 Å². The maximum Gasteiger partial charge on any atom is 0.237 e. The first-order chi connectivity index (χ1) is 11.0. The quantitative estimate of drug-likeness (QED) is 0.891. The lowest BCUT2D eigenvalue weighted by Crippen LogP contribution is -2.43. The third-order valence-electron chi connectivity index (χ3n) is 3.69. The normalized spacial score (nSPS) is 10.6. The number of carbonyl (C=O) groups excluding carboxylic acids is 2. The summed E-state index contributed by atoms with van der Waals surface area (Å²) in [6.45, 7) is 3.71. The fourth-order valence-corrected chi connectivity index (χ4v) is 2.45. The highest BCUT2D eigenvalue weighted by Gasteiger charge is 2.19. The fourth-order valence-electron chi connectivity index (χ4n) is 2.45. The minimum Gasteiger partial charge on any atom is -0.368 e. The monoisotopic (exact) mass is 310 g/mol. The molecule has 0 aromatic heterocycles. The van der Waals surface area contributed by atoms with E-state index in [0.717, 1.165) is 16.7 Å². The lowest BCUT2D eigenvalue weighted by Gasteiger charge is -2.25. The molecule has 2 aromatic rings. The molecule has 2 amide bonds. The summed E-state index contributed by atoms with van der Waals surface area (Å²) in [6.07, 6.45) is 0.264. The van der Waals surface area contributed by atoms with Crippen LogP contribution in [0.4, 0.5) is 0 Å². The van der Waals surface area contributed by atoms with E-state index in [-0.39, 0.29) is 24.9 Å². The third kappa shape index (κ3) is 4.68. The van der Waals surface area contributed by atoms with E-state index in [4.69, 9.17) is 5.73 Å². The smallest absolute Gasteiger partial charge is 0.237 e. The summed E-state index contributed by atoms with van der Waals surface area (Å²) in [5, 5.41) is 0. The molecule has 2 aromatic carbocycles. The molecule has 0 bridgehead atoms. The molecule has 2 N–H and O–H groups in total. The van der Waals surface area contributed by atoms with Crippen LogP contribution in [0.25, 0.3) is 11.1 Å². The Bertz CT molecular complexity index is 664. The van der Waals surface area contributed by atoms with Crippen molar-refractivity contribution in [2.24, 2.45) is 5.73 Å². The standard InChI is InChI=1S/C19H22N2O2/c1-14(2)21(13-18(20)22)19(23)12-15-8-10-17(11-9-15)16-6-4-3-5-7-16/h3-11,14H,12-13H2,1-2H3,(H2,20,22). The molecule has 0 saturated carbocycles. The molecule has 4 heteroatoms. The van der Waals surface area contributed by atoms with Crippen molar-refractivity contribution in [3.63, 3.8) is 0 Å². The second kappa shape index (κ2) is 7.58. The number of hydrogen-bond donors (Lipinski definition) is 1. The molecule has 0 aliphatic rings. The van der Waals surface area contributed by atoms with Crippen LogP contribution in [0.2, 0.25) is 0 Å². The second-order valence-corrected chi connectivity index (χ2v) is 5.82. The Morgan fingerprint density at radius 3 is 2.04 bits per heavy atom. The number of nitrogens with zero attached hydrogens (tertiary/aromatic N) is 1. The van der Waals surface area contributed by atoms with E-state index in [2.05, 4.69) is 0 Å². The van der Waals surface area contributed by atoms with Gasteiger partial charge in [0.2, 0.25) is 11.8 Å². The van der Waals surface area contributed by atoms with E-state index >= 15 is 0 Å². The Balaban J connectivity index is 2.08. The summed E-state index contributed by atoms with van der Waals surface area (Å²) in [7, 11) is 0. The first-order valence-electron chi connectivity index (χ1n) is 7.69. The minimum absolute atomic E-state index is 0.0431. The van der Waals surface area contributed by atoms with Crippen LogP contribution in [0, 0.1) is 0 Å². The van der Waals surface area contributed by atoms with Gasteiger partial charge in [0.25, 0.3) is 0 Å². The Hall–Kier alpha value is -2.62. The van der Waals surface area contributed by atoms with E-state index in [0.29, 0.717) is 0 Å². The molecule has 4 nitrogen and oxygen atoms in total. The summed E-state index contributed by atoms with van der Waals surface area (Å²) in [4.78, 5) is 25.0. The van der Waals surface area contributed by atoms with Crippen LogP contribution in [0.1, 0.15) is 19.4 Å². The highest BCUT2D eigenvalue weighted by atomic mass is 16.2. The molecule has 0 unspecified atom stereocenters. The van der Waals surface area contributed by atoms with Gasteiger partial charge >= 0.3 is 0 Å². The van der Waals surface area contributed by atoms with Crippen molar-refractivity contribution >= 4 is 11.8 Å². The summed E-state index contributed by atoms with van der Waals surface area (Å²) >= 11 is 0. The molecule has 0 saturated heterocycles. The Labute approximate surface area is 136 Å². The van der Waals surface area contributed by atoms with Crippen molar-refractivity contribution in [1.29, 1.82) is 0 Å². The lowest BCUT2D eigenvalue weighted by atomic mass is 10.0. The molecule has 0 atom stereocenters. The third-order valence-corrected chi connectivity index (χ3v) is 3.69. The molecule has 0 fully saturated rings. The fraction of sp³-hybridized carbons (Fsp3) is 0.263. The van der Waals surface area contributed by atoms with E-state index in [1.54, 1.807) is 0 Å². The van der Waals surface area contributed by atoms with Crippen LogP contribution >= 0.6 is 0 Å². The predicted octanol–water partition coefficient (Wildman–Crippen LogP) is 2.62. The zero-order valence-corrected chi connectivity index (χ0v) is 13.5. The van der Waals surface area contributed by atoms with Crippen LogP contribution < -0.4 is 5.73 Å². The molecule has 0 aliphatic heterocycles. The number of amides is 2.